The fraction of sp³-hybridized carbons (Fsp3) is 0.429. The van der Waals surface area contributed by atoms with E-state index in [1.807, 2.05) is 0 Å². The normalized spacial score (nSPS) is 15.4. The van der Waals surface area contributed by atoms with Crippen molar-refractivity contribution in [2.75, 3.05) is 0 Å². The smallest absolute Gasteiger partial charge is 0.00982 e. The predicted octanol–water partition coefficient (Wildman–Crippen LogP) is 13.9. The fourth-order valence-electron chi connectivity index (χ4n) is 9.92. The molecule has 2 aliphatic carbocycles. The van der Waals surface area contributed by atoms with Crippen molar-refractivity contribution in [3.8, 4) is 22.3 Å². The van der Waals surface area contributed by atoms with Gasteiger partial charge in [-0.25, -0.2) is 0 Å². The van der Waals surface area contributed by atoms with Crippen LogP contribution in [-0.2, 0) is 6.42 Å². The van der Waals surface area contributed by atoms with Crippen LogP contribution in [0.3, 0.4) is 0 Å². The second-order valence-electron chi connectivity index (χ2n) is 16.3. The molecule has 4 aromatic carbocycles. The molecule has 0 saturated heterocycles. The first-order valence-electron chi connectivity index (χ1n) is 18.6. The summed E-state index contributed by atoms with van der Waals surface area (Å²) in [5, 5.41) is 0. The molecule has 0 spiro atoms. The molecule has 1 unspecified atom stereocenters. The van der Waals surface area contributed by atoms with Gasteiger partial charge in [-0.15, -0.1) is 0 Å². The SMILES string of the molecule is CC1=Cc2c(-c3c(C)c(C)c(C)c(C)c3C)c(C)c(C)c(C)c2C1CC1=C(C)Cc2c1c(C)c(C)c(C)c2-c1c(C)c(C)c(C)c(C)c1C. The Morgan fingerprint density at radius 2 is 0.735 bits per heavy atom. The van der Waals surface area contributed by atoms with Crippen LogP contribution in [0.25, 0.3) is 33.9 Å². The maximum atomic E-state index is 2.56. The first-order valence-corrected chi connectivity index (χ1v) is 18.6. The van der Waals surface area contributed by atoms with Gasteiger partial charge in [-0.3, -0.25) is 0 Å². The van der Waals surface area contributed by atoms with Crippen molar-refractivity contribution in [1.82, 2.24) is 0 Å². The third-order valence-corrected chi connectivity index (χ3v) is 14.4. The van der Waals surface area contributed by atoms with Crippen LogP contribution in [0.5, 0.6) is 0 Å². The van der Waals surface area contributed by atoms with Crippen molar-refractivity contribution in [3.05, 3.63) is 122 Å². The number of allylic oxidation sites excluding steroid dienone is 3. The van der Waals surface area contributed by atoms with Crippen LogP contribution in [0.2, 0.25) is 0 Å². The lowest BCUT2D eigenvalue weighted by Gasteiger charge is -2.27. The Morgan fingerprint density at radius 1 is 0.388 bits per heavy atom. The Balaban J connectivity index is 1.57. The summed E-state index contributed by atoms with van der Waals surface area (Å²) in [6.45, 7) is 42.4. The van der Waals surface area contributed by atoms with E-state index in [0.29, 0.717) is 5.92 Å². The molecule has 0 N–H and O–H groups in total. The van der Waals surface area contributed by atoms with E-state index in [9.17, 15) is 0 Å². The standard InChI is InChI=1S/C49H60/c1-22-19-42-46(36(15)30(9)38(17)48(42)44-32(11)26(5)24(3)27(6)33(44)12)40(22)21-41-23(2)20-43-47(41)37(16)31(10)39(18)49(43)45-34(13)28(7)25(4)29(8)35(45)14/h19,40H,20-21H2,1-18H3. The largest absolute Gasteiger partial charge is 0.0650 e. The lowest BCUT2D eigenvalue weighted by Crippen LogP contribution is -2.09. The summed E-state index contributed by atoms with van der Waals surface area (Å²) in [7, 11) is 0. The summed E-state index contributed by atoms with van der Waals surface area (Å²) in [5.74, 6) is 0.383. The molecule has 4 aromatic rings. The average molecular weight is 649 g/mol. The predicted molar refractivity (Wildman–Crippen MR) is 217 cm³/mol. The lowest BCUT2D eigenvalue weighted by atomic mass is 9.76. The van der Waals surface area contributed by atoms with Gasteiger partial charge in [0.1, 0.15) is 0 Å². The molecule has 0 bridgehead atoms. The minimum absolute atomic E-state index is 0.383. The monoisotopic (exact) mass is 648 g/mol. The summed E-state index contributed by atoms with van der Waals surface area (Å²) in [6.07, 6.45) is 4.67. The molecule has 0 aromatic heterocycles. The third kappa shape index (κ3) is 4.83. The highest BCUT2D eigenvalue weighted by atomic mass is 14.4. The van der Waals surface area contributed by atoms with Gasteiger partial charge >= 0.3 is 0 Å². The van der Waals surface area contributed by atoms with Gasteiger partial charge in [0.25, 0.3) is 0 Å². The van der Waals surface area contributed by atoms with Gasteiger partial charge in [-0.1, -0.05) is 17.2 Å². The van der Waals surface area contributed by atoms with Crippen molar-refractivity contribution < 1.29 is 0 Å². The van der Waals surface area contributed by atoms with Crippen LogP contribution in [0.4, 0.5) is 0 Å². The van der Waals surface area contributed by atoms with Crippen LogP contribution in [0, 0.1) is 111 Å². The molecule has 0 nitrogen and oxygen atoms in total. The van der Waals surface area contributed by atoms with E-state index in [4.69, 9.17) is 0 Å². The summed E-state index contributed by atoms with van der Waals surface area (Å²) in [6, 6.07) is 0. The van der Waals surface area contributed by atoms with Gasteiger partial charge in [-0.2, -0.15) is 0 Å². The molecule has 49 heavy (non-hydrogen) atoms. The maximum Gasteiger partial charge on any atom is 0.00982 e. The van der Waals surface area contributed by atoms with Gasteiger partial charge in [-0.05, 0) is 277 Å². The van der Waals surface area contributed by atoms with Gasteiger partial charge in [0.15, 0.2) is 0 Å². The van der Waals surface area contributed by atoms with E-state index in [0.717, 1.165) is 12.8 Å². The second kappa shape index (κ2) is 12.0. The zero-order chi connectivity index (χ0) is 36.3. The Bertz CT molecular complexity index is 2160. The molecule has 0 aliphatic heterocycles. The molecule has 0 heteroatoms. The molecule has 0 amide bonds. The van der Waals surface area contributed by atoms with Crippen LogP contribution < -0.4 is 0 Å². The zero-order valence-electron chi connectivity index (χ0n) is 34.1. The van der Waals surface area contributed by atoms with Gasteiger partial charge in [0, 0.05) is 5.92 Å². The summed E-state index contributed by atoms with van der Waals surface area (Å²) in [5.41, 5.74) is 39.9. The number of hydrogen-bond acceptors (Lipinski definition) is 0. The van der Waals surface area contributed by atoms with Crippen molar-refractivity contribution in [2.45, 2.75) is 143 Å². The summed E-state index contributed by atoms with van der Waals surface area (Å²) >= 11 is 0. The lowest BCUT2D eigenvalue weighted by molar-refractivity contribution is 0.827. The summed E-state index contributed by atoms with van der Waals surface area (Å²) in [4.78, 5) is 0. The van der Waals surface area contributed by atoms with Crippen molar-refractivity contribution >= 4 is 11.6 Å². The number of benzene rings is 4. The Labute approximate surface area is 298 Å². The fourth-order valence-corrected chi connectivity index (χ4v) is 9.92. The average Bonchev–Trinajstić information content (AvgIpc) is 3.57. The van der Waals surface area contributed by atoms with Crippen LogP contribution in [-0.4, -0.2) is 0 Å². The molecule has 0 fully saturated rings. The minimum Gasteiger partial charge on any atom is -0.0650 e. The maximum absolute atomic E-state index is 2.56. The third-order valence-electron chi connectivity index (χ3n) is 14.4. The van der Waals surface area contributed by atoms with Crippen LogP contribution in [0.1, 0.15) is 137 Å². The summed E-state index contributed by atoms with van der Waals surface area (Å²) < 4.78 is 0. The van der Waals surface area contributed by atoms with Gasteiger partial charge in [0.2, 0.25) is 0 Å². The van der Waals surface area contributed by atoms with E-state index in [1.165, 1.54) is 122 Å². The number of hydrogen-bond donors (Lipinski definition) is 0. The molecular weight excluding hydrogens is 589 g/mol. The molecular formula is C49H60. The van der Waals surface area contributed by atoms with Crippen LogP contribution in [0.15, 0.2) is 11.1 Å². The number of fused-ring (bicyclic) bond motifs is 2. The Kier molecular flexibility index (Phi) is 8.62. The molecule has 1 atom stereocenters. The van der Waals surface area contributed by atoms with Gasteiger partial charge < -0.3 is 0 Å². The van der Waals surface area contributed by atoms with Crippen molar-refractivity contribution in [1.29, 1.82) is 0 Å². The molecule has 0 saturated carbocycles. The first-order chi connectivity index (χ1) is 22.8. The zero-order valence-corrected chi connectivity index (χ0v) is 34.1. The van der Waals surface area contributed by atoms with E-state index in [-0.39, 0.29) is 0 Å². The molecule has 0 radical (unpaired) electrons. The van der Waals surface area contributed by atoms with E-state index < -0.39 is 0 Å². The minimum atomic E-state index is 0.383. The van der Waals surface area contributed by atoms with Crippen LogP contribution >= 0.6 is 0 Å². The van der Waals surface area contributed by atoms with Gasteiger partial charge in [0.05, 0.1) is 0 Å². The Morgan fingerprint density at radius 3 is 1.22 bits per heavy atom. The second-order valence-corrected chi connectivity index (χ2v) is 16.3. The Hall–Kier alpha value is -3.64. The number of rotatable bonds is 4. The molecule has 2 aliphatic rings. The van der Waals surface area contributed by atoms with Crippen molar-refractivity contribution in [3.63, 3.8) is 0 Å². The molecule has 0 heterocycles. The van der Waals surface area contributed by atoms with Crippen molar-refractivity contribution in [2.24, 2.45) is 0 Å². The molecule has 6 rings (SSSR count). The molecule has 256 valence electrons. The quantitative estimate of drug-likeness (QED) is 0.207. The van der Waals surface area contributed by atoms with E-state index in [2.05, 4.69) is 131 Å². The van der Waals surface area contributed by atoms with E-state index in [1.54, 1.807) is 27.8 Å². The first kappa shape index (κ1) is 35.2. The topological polar surface area (TPSA) is 0 Å². The van der Waals surface area contributed by atoms with E-state index >= 15 is 0 Å². The highest BCUT2D eigenvalue weighted by molar-refractivity contribution is 5.93. The highest BCUT2D eigenvalue weighted by Crippen LogP contribution is 2.54. The highest BCUT2D eigenvalue weighted by Gasteiger charge is 2.35.